The van der Waals surface area contributed by atoms with Gasteiger partial charge in [0.2, 0.25) is 0 Å². The lowest BCUT2D eigenvalue weighted by molar-refractivity contribution is -0.186. The molecule has 1 aromatic rings. The molecule has 0 radical (unpaired) electrons. The molecule has 1 aromatic heterocycles. The highest BCUT2D eigenvalue weighted by molar-refractivity contribution is 5.04. The number of halogens is 3. The summed E-state index contributed by atoms with van der Waals surface area (Å²) in [6.45, 7) is 0. The molecule has 0 bridgehead atoms. The second-order valence-electron chi connectivity index (χ2n) is 4.82. The summed E-state index contributed by atoms with van der Waals surface area (Å²) >= 11 is 0. The molecule has 1 saturated carbocycles. The van der Waals surface area contributed by atoms with Gasteiger partial charge in [0.15, 0.2) is 0 Å². The van der Waals surface area contributed by atoms with Crippen LogP contribution in [0.15, 0.2) is 18.6 Å². The van der Waals surface area contributed by atoms with Gasteiger partial charge in [-0.25, -0.2) is 0 Å². The lowest BCUT2D eigenvalue weighted by Crippen LogP contribution is -2.33. The summed E-state index contributed by atoms with van der Waals surface area (Å²) in [6, 6.07) is -0.455. The molecule has 0 aromatic carbocycles. The van der Waals surface area contributed by atoms with Crippen molar-refractivity contribution < 1.29 is 13.2 Å². The Labute approximate surface area is 104 Å². The molecular formula is C12H16F3N3. The Balaban J connectivity index is 2.05. The van der Waals surface area contributed by atoms with E-state index in [-0.39, 0.29) is 18.8 Å². The van der Waals surface area contributed by atoms with Crippen LogP contribution < -0.4 is 5.73 Å². The summed E-state index contributed by atoms with van der Waals surface area (Å²) in [5.41, 5.74) is 6.58. The van der Waals surface area contributed by atoms with Crippen molar-refractivity contribution in [1.29, 1.82) is 0 Å². The second-order valence-corrected chi connectivity index (χ2v) is 4.82. The minimum Gasteiger partial charge on any atom is -0.322 e. The van der Waals surface area contributed by atoms with Crippen LogP contribution in [0, 0.1) is 11.8 Å². The van der Waals surface area contributed by atoms with Crippen LogP contribution in [-0.2, 0) is 0 Å². The van der Waals surface area contributed by atoms with Crippen molar-refractivity contribution in [1.82, 2.24) is 9.97 Å². The highest BCUT2D eigenvalue weighted by Crippen LogP contribution is 2.42. The van der Waals surface area contributed by atoms with Crippen LogP contribution in [0.1, 0.15) is 37.4 Å². The molecule has 0 spiro atoms. The quantitative estimate of drug-likeness (QED) is 0.888. The maximum atomic E-state index is 12.7. The van der Waals surface area contributed by atoms with E-state index in [0.717, 1.165) is 6.42 Å². The zero-order valence-corrected chi connectivity index (χ0v) is 9.90. The van der Waals surface area contributed by atoms with Gasteiger partial charge < -0.3 is 5.73 Å². The topological polar surface area (TPSA) is 51.8 Å². The van der Waals surface area contributed by atoms with Gasteiger partial charge >= 0.3 is 6.18 Å². The van der Waals surface area contributed by atoms with Crippen molar-refractivity contribution in [3.63, 3.8) is 0 Å². The van der Waals surface area contributed by atoms with E-state index in [2.05, 4.69) is 9.97 Å². The van der Waals surface area contributed by atoms with Crippen LogP contribution in [0.5, 0.6) is 0 Å². The summed E-state index contributed by atoms with van der Waals surface area (Å²) in [5, 5.41) is 0. The van der Waals surface area contributed by atoms with Crippen LogP contribution in [0.2, 0.25) is 0 Å². The lowest BCUT2D eigenvalue weighted by atomic mass is 9.77. The van der Waals surface area contributed by atoms with E-state index in [1.54, 1.807) is 0 Å². The lowest BCUT2D eigenvalue weighted by Gasteiger charge is -2.33. The van der Waals surface area contributed by atoms with E-state index in [9.17, 15) is 13.2 Å². The van der Waals surface area contributed by atoms with E-state index in [1.807, 2.05) is 0 Å². The fourth-order valence-electron chi connectivity index (χ4n) is 2.58. The van der Waals surface area contributed by atoms with Gasteiger partial charge in [0.25, 0.3) is 0 Å². The van der Waals surface area contributed by atoms with Crippen molar-refractivity contribution in [2.45, 2.75) is 37.9 Å². The smallest absolute Gasteiger partial charge is 0.322 e. The molecule has 3 atom stereocenters. The molecule has 0 saturated heterocycles. The first-order chi connectivity index (χ1) is 8.48. The third-order valence-corrected chi connectivity index (χ3v) is 3.61. The zero-order chi connectivity index (χ0) is 13.2. The molecule has 6 heteroatoms. The summed E-state index contributed by atoms with van der Waals surface area (Å²) in [4.78, 5) is 7.98. The third-order valence-electron chi connectivity index (χ3n) is 3.61. The molecule has 18 heavy (non-hydrogen) atoms. The van der Waals surface area contributed by atoms with Gasteiger partial charge in [-0.15, -0.1) is 0 Å². The number of hydrogen-bond acceptors (Lipinski definition) is 3. The van der Waals surface area contributed by atoms with Crippen LogP contribution in [-0.4, -0.2) is 16.1 Å². The van der Waals surface area contributed by atoms with Gasteiger partial charge in [0.1, 0.15) is 0 Å². The van der Waals surface area contributed by atoms with Gasteiger partial charge in [0, 0.05) is 18.6 Å². The summed E-state index contributed by atoms with van der Waals surface area (Å²) in [6.07, 6.45) is 2.07. The molecule has 0 aliphatic heterocycles. The standard InChI is InChI=1S/C12H16F3N3/c13-12(14,15)9-3-1-2-8(6-9)11(16)10-7-17-4-5-18-10/h4-5,7-9,11H,1-3,6,16H2. The van der Waals surface area contributed by atoms with Crippen molar-refractivity contribution in [3.05, 3.63) is 24.3 Å². The number of alkyl halides is 3. The monoisotopic (exact) mass is 259 g/mol. The van der Waals surface area contributed by atoms with E-state index >= 15 is 0 Å². The molecule has 3 unspecified atom stereocenters. The Morgan fingerprint density at radius 2 is 2.06 bits per heavy atom. The molecule has 2 rings (SSSR count). The highest BCUT2D eigenvalue weighted by atomic mass is 19.4. The Morgan fingerprint density at radius 1 is 1.28 bits per heavy atom. The van der Waals surface area contributed by atoms with E-state index in [0.29, 0.717) is 12.1 Å². The first-order valence-corrected chi connectivity index (χ1v) is 6.06. The van der Waals surface area contributed by atoms with E-state index < -0.39 is 18.1 Å². The molecule has 1 fully saturated rings. The fraction of sp³-hybridized carbons (Fsp3) is 0.667. The van der Waals surface area contributed by atoms with E-state index in [4.69, 9.17) is 5.73 Å². The maximum absolute atomic E-state index is 12.7. The molecule has 3 nitrogen and oxygen atoms in total. The predicted octanol–water partition coefficient (Wildman–Crippen LogP) is 2.85. The van der Waals surface area contributed by atoms with Gasteiger partial charge in [0.05, 0.1) is 17.7 Å². The fourth-order valence-corrected chi connectivity index (χ4v) is 2.58. The number of hydrogen-bond donors (Lipinski definition) is 1. The Bertz CT molecular complexity index is 380. The second kappa shape index (κ2) is 5.22. The van der Waals surface area contributed by atoms with Crippen molar-refractivity contribution in [3.8, 4) is 0 Å². The first kappa shape index (κ1) is 13.3. The first-order valence-electron chi connectivity index (χ1n) is 6.06. The molecule has 1 aliphatic rings. The molecule has 100 valence electrons. The van der Waals surface area contributed by atoms with Gasteiger partial charge in [-0.2, -0.15) is 13.2 Å². The van der Waals surface area contributed by atoms with Crippen LogP contribution >= 0.6 is 0 Å². The average Bonchev–Trinajstić information content (AvgIpc) is 2.38. The van der Waals surface area contributed by atoms with Gasteiger partial charge in [-0.05, 0) is 25.2 Å². The van der Waals surface area contributed by atoms with Crippen molar-refractivity contribution in [2.24, 2.45) is 17.6 Å². The molecule has 0 amide bonds. The predicted molar refractivity (Wildman–Crippen MR) is 60.5 cm³/mol. The molecule has 2 N–H and O–H groups in total. The number of rotatable bonds is 2. The Kier molecular flexibility index (Phi) is 3.85. The highest BCUT2D eigenvalue weighted by Gasteiger charge is 2.43. The SMILES string of the molecule is NC(c1cnccn1)C1CCCC(C(F)(F)F)C1. The molecule has 1 heterocycles. The molecule has 1 aliphatic carbocycles. The number of aromatic nitrogens is 2. The number of nitrogens with zero attached hydrogens (tertiary/aromatic N) is 2. The minimum absolute atomic E-state index is 0.0985. The van der Waals surface area contributed by atoms with E-state index in [1.165, 1.54) is 18.6 Å². The average molecular weight is 259 g/mol. The van der Waals surface area contributed by atoms with Crippen LogP contribution in [0.4, 0.5) is 13.2 Å². The van der Waals surface area contributed by atoms with Gasteiger partial charge in [-0.3, -0.25) is 9.97 Å². The third kappa shape index (κ3) is 2.98. The zero-order valence-electron chi connectivity index (χ0n) is 9.90. The minimum atomic E-state index is -4.11. The van der Waals surface area contributed by atoms with Crippen LogP contribution in [0.3, 0.4) is 0 Å². The summed E-state index contributed by atoms with van der Waals surface area (Å²) in [5.74, 6) is -1.39. The normalized spacial score (nSPS) is 26.9. The number of nitrogens with two attached hydrogens (primary N) is 1. The largest absolute Gasteiger partial charge is 0.391 e. The Morgan fingerprint density at radius 3 is 2.67 bits per heavy atom. The van der Waals surface area contributed by atoms with Gasteiger partial charge in [-0.1, -0.05) is 6.42 Å². The Hall–Kier alpha value is -1.17. The summed E-state index contributed by atoms with van der Waals surface area (Å²) in [7, 11) is 0. The molecular weight excluding hydrogens is 243 g/mol. The van der Waals surface area contributed by atoms with Crippen LogP contribution in [0.25, 0.3) is 0 Å². The maximum Gasteiger partial charge on any atom is 0.391 e. The van der Waals surface area contributed by atoms with Crippen molar-refractivity contribution in [2.75, 3.05) is 0 Å². The summed E-state index contributed by atoms with van der Waals surface area (Å²) < 4.78 is 38.1. The van der Waals surface area contributed by atoms with Crippen molar-refractivity contribution >= 4 is 0 Å².